The molecule has 0 bridgehead atoms. The van der Waals surface area contributed by atoms with E-state index in [1.54, 1.807) is 0 Å². The summed E-state index contributed by atoms with van der Waals surface area (Å²) in [6, 6.07) is 70.7. The molecule has 1 aromatic heterocycles. The minimum atomic E-state index is 1.12. The first-order valence-electron chi connectivity index (χ1n) is 17.9. The normalized spacial score (nSPS) is 11.8. The number of nitrogens with zero attached hydrogens (tertiary/aromatic N) is 2. The van der Waals surface area contributed by atoms with Gasteiger partial charge in [-0.05, 0) is 110 Å². The van der Waals surface area contributed by atoms with Crippen LogP contribution in [0.25, 0.3) is 82.1 Å². The summed E-state index contributed by atoms with van der Waals surface area (Å²) in [4.78, 5) is 2.32. The van der Waals surface area contributed by atoms with Gasteiger partial charge in [0.05, 0.1) is 11.0 Å². The van der Waals surface area contributed by atoms with Gasteiger partial charge in [0, 0.05) is 38.9 Å². The second-order valence-corrected chi connectivity index (χ2v) is 13.7. The Morgan fingerprint density at radius 2 is 0.827 bits per heavy atom. The second-order valence-electron chi connectivity index (χ2n) is 13.7. The largest absolute Gasteiger partial charge is 0.311 e. The summed E-state index contributed by atoms with van der Waals surface area (Å²) in [6.45, 7) is 0. The lowest BCUT2D eigenvalue weighted by molar-refractivity contribution is 1.18. The van der Waals surface area contributed by atoms with Crippen molar-refractivity contribution in [3.8, 4) is 27.9 Å². The third kappa shape index (κ3) is 4.31. The Kier molecular flexibility index (Phi) is 6.28. The molecule has 0 aliphatic heterocycles. The van der Waals surface area contributed by atoms with Crippen LogP contribution >= 0.6 is 0 Å². The highest BCUT2D eigenvalue weighted by atomic mass is 15.1. The number of benzene rings is 10. The fourth-order valence-corrected chi connectivity index (χ4v) is 8.55. The highest BCUT2D eigenvalue weighted by Crippen LogP contribution is 2.47. The summed E-state index contributed by atoms with van der Waals surface area (Å²) in [6.07, 6.45) is 0. The number of anilines is 3. The average molecular weight is 661 g/mol. The van der Waals surface area contributed by atoms with Crippen LogP contribution in [0.4, 0.5) is 17.1 Å². The molecule has 0 saturated heterocycles. The molecule has 1 heterocycles. The van der Waals surface area contributed by atoms with E-state index in [0.29, 0.717) is 0 Å². The van der Waals surface area contributed by atoms with Gasteiger partial charge in [0.2, 0.25) is 0 Å². The molecule has 242 valence electrons. The lowest BCUT2D eigenvalue weighted by atomic mass is 9.89. The van der Waals surface area contributed by atoms with Crippen molar-refractivity contribution in [2.75, 3.05) is 4.90 Å². The maximum absolute atomic E-state index is 2.46. The summed E-state index contributed by atoms with van der Waals surface area (Å²) in [5, 5.41) is 10.7. The van der Waals surface area contributed by atoms with Gasteiger partial charge >= 0.3 is 0 Å². The van der Waals surface area contributed by atoms with Gasteiger partial charge in [0.25, 0.3) is 0 Å². The molecule has 11 rings (SSSR count). The van der Waals surface area contributed by atoms with E-state index in [9.17, 15) is 0 Å². The van der Waals surface area contributed by atoms with E-state index in [1.807, 2.05) is 0 Å². The van der Waals surface area contributed by atoms with E-state index in [1.165, 1.54) is 82.1 Å². The Hall–Kier alpha value is -6.90. The smallest absolute Gasteiger partial charge is 0.0548 e. The van der Waals surface area contributed by atoms with Crippen LogP contribution in [0.2, 0.25) is 0 Å². The van der Waals surface area contributed by atoms with Crippen molar-refractivity contribution in [1.29, 1.82) is 0 Å². The maximum Gasteiger partial charge on any atom is 0.0548 e. The molecule has 0 fully saturated rings. The predicted octanol–water partition coefficient (Wildman–Crippen LogP) is 13.9. The summed E-state index contributed by atoms with van der Waals surface area (Å²) in [5.41, 5.74) is 11.8. The van der Waals surface area contributed by atoms with Gasteiger partial charge in [-0.15, -0.1) is 0 Å². The van der Waals surface area contributed by atoms with Crippen molar-refractivity contribution in [3.05, 3.63) is 194 Å². The van der Waals surface area contributed by atoms with Gasteiger partial charge in [-0.1, -0.05) is 133 Å². The molecule has 0 unspecified atom stereocenters. The van der Waals surface area contributed by atoms with Gasteiger partial charge < -0.3 is 9.47 Å². The van der Waals surface area contributed by atoms with Crippen LogP contribution in [0.3, 0.4) is 0 Å². The molecule has 2 heteroatoms. The monoisotopic (exact) mass is 660 g/mol. The number of hydrogen-bond acceptors (Lipinski definition) is 1. The van der Waals surface area contributed by atoms with E-state index in [0.717, 1.165) is 17.1 Å². The quantitative estimate of drug-likeness (QED) is 0.127. The molecule has 0 aliphatic carbocycles. The van der Waals surface area contributed by atoms with Crippen molar-refractivity contribution in [2.45, 2.75) is 0 Å². The molecule has 0 spiro atoms. The van der Waals surface area contributed by atoms with E-state index < -0.39 is 0 Å². The van der Waals surface area contributed by atoms with Crippen molar-refractivity contribution < 1.29 is 0 Å². The Labute approximate surface area is 301 Å². The van der Waals surface area contributed by atoms with Gasteiger partial charge in [0.1, 0.15) is 0 Å². The first-order chi connectivity index (χ1) is 25.8. The first-order valence-corrected chi connectivity index (χ1v) is 17.9. The average Bonchev–Trinajstić information content (AvgIpc) is 3.57. The van der Waals surface area contributed by atoms with Crippen molar-refractivity contribution >= 4 is 71.2 Å². The van der Waals surface area contributed by atoms with E-state index in [2.05, 4.69) is 204 Å². The minimum Gasteiger partial charge on any atom is -0.311 e. The standard InChI is InChI=1S/C50H32N2/c1-3-10-33(11-4-1)34-22-27-40(28-23-34)51(39-14-5-2-6-15-39)41-29-24-35(25-30-41)38-13-7-16-42(32-38)52-45-19-9-18-44-43-17-8-12-36-20-21-37-26-31-46(52)50(49(44)45)48(37)47(36)43/h1-32H. The number of hydrogen-bond donors (Lipinski definition) is 0. The predicted molar refractivity (Wildman–Crippen MR) is 221 cm³/mol. The third-order valence-corrected chi connectivity index (χ3v) is 10.9. The minimum absolute atomic E-state index is 1.12. The van der Waals surface area contributed by atoms with Gasteiger partial charge in [-0.2, -0.15) is 0 Å². The summed E-state index contributed by atoms with van der Waals surface area (Å²) in [7, 11) is 0. The Bertz CT molecular complexity index is 3030. The molecule has 52 heavy (non-hydrogen) atoms. The van der Waals surface area contributed by atoms with Gasteiger partial charge in [0.15, 0.2) is 0 Å². The number of fused-ring (bicyclic) bond motifs is 1. The highest BCUT2D eigenvalue weighted by Gasteiger charge is 2.22. The number of para-hydroxylation sites is 1. The lowest BCUT2D eigenvalue weighted by Gasteiger charge is -2.26. The van der Waals surface area contributed by atoms with Crippen molar-refractivity contribution in [2.24, 2.45) is 0 Å². The summed E-state index contributed by atoms with van der Waals surface area (Å²) in [5.74, 6) is 0. The summed E-state index contributed by atoms with van der Waals surface area (Å²) < 4.78 is 2.46. The van der Waals surface area contributed by atoms with Crippen molar-refractivity contribution in [1.82, 2.24) is 4.57 Å². The zero-order chi connectivity index (χ0) is 34.2. The molecule has 0 atom stereocenters. The molecule has 11 aromatic rings. The SMILES string of the molecule is c1ccc(-c2ccc(N(c3ccccc3)c3ccc(-c4cccc(-n5c6cccc7c8cccc9ccc%10ccc5c(c%10c98)c76)c4)cc3)cc2)cc1. The first kappa shape index (κ1) is 28.9. The van der Waals surface area contributed by atoms with Crippen LogP contribution in [-0.2, 0) is 0 Å². The molecular weight excluding hydrogens is 629 g/mol. The van der Waals surface area contributed by atoms with E-state index >= 15 is 0 Å². The topological polar surface area (TPSA) is 8.17 Å². The molecule has 0 N–H and O–H groups in total. The third-order valence-electron chi connectivity index (χ3n) is 10.9. The molecule has 0 radical (unpaired) electrons. The molecule has 0 saturated carbocycles. The highest BCUT2D eigenvalue weighted by molar-refractivity contribution is 6.40. The fourth-order valence-electron chi connectivity index (χ4n) is 8.55. The molecular formula is C50H32N2. The molecule has 0 amide bonds. The van der Waals surface area contributed by atoms with Gasteiger partial charge in [-0.3, -0.25) is 0 Å². The molecule has 2 nitrogen and oxygen atoms in total. The Morgan fingerprint density at radius 3 is 1.56 bits per heavy atom. The van der Waals surface area contributed by atoms with Crippen LogP contribution < -0.4 is 4.90 Å². The Balaban J connectivity index is 1.01. The number of rotatable bonds is 6. The maximum atomic E-state index is 2.46. The van der Waals surface area contributed by atoms with Crippen LogP contribution in [-0.4, -0.2) is 4.57 Å². The van der Waals surface area contributed by atoms with Crippen LogP contribution in [0.15, 0.2) is 194 Å². The van der Waals surface area contributed by atoms with Crippen LogP contribution in [0, 0.1) is 0 Å². The summed E-state index contributed by atoms with van der Waals surface area (Å²) >= 11 is 0. The van der Waals surface area contributed by atoms with Crippen LogP contribution in [0.1, 0.15) is 0 Å². The zero-order valence-corrected chi connectivity index (χ0v) is 28.4. The number of aromatic nitrogens is 1. The van der Waals surface area contributed by atoms with Gasteiger partial charge in [-0.25, -0.2) is 0 Å². The van der Waals surface area contributed by atoms with E-state index in [4.69, 9.17) is 0 Å². The molecule has 0 aliphatic rings. The fraction of sp³-hybridized carbons (Fsp3) is 0. The zero-order valence-electron chi connectivity index (χ0n) is 28.4. The second kappa shape index (κ2) is 11.3. The lowest BCUT2D eigenvalue weighted by Crippen LogP contribution is -2.09. The van der Waals surface area contributed by atoms with E-state index in [-0.39, 0.29) is 0 Å². The van der Waals surface area contributed by atoms with Crippen molar-refractivity contribution in [3.63, 3.8) is 0 Å². The molecule has 10 aromatic carbocycles. The Morgan fingerprint density at radius 1 is 0.308 bits per heavy atom. The van der Waals surface area contributed by atoms with Crippen LogP contribution in [0.5, 0.6) is 0 Å².